The number of rotatable bonds is 6. The highest BCUT2D eigenvalue weighted by Crippen LogP contribution is 2.17. The number of hydrogen-bond donors (Lipinski definition) is 2. The molecule has 0 aromatic heterocycles. The van der Waals surface area contributed by atoms with E-state index in [-0.39, 0.29) is 18.4 Å². The van der Waals surface area contributed by atoms with Gasteiger partial charge in [-0.15, -0.1) is 0 Å². The van der Waals surface area contributed by atoms with Crippen LogP contribution in [0.25, 0.3) is 0 Å². The van der Waals surface area contributed by atoms with Crippen LogP contribution in [0, 0.1) is 0 Å². The third-order valence-corrected chi connectivity index (χ3v) is 2.93. The minimum Gasteiger partial charge on any atom is -0.465 e. The molecule has 5 nitrogen and oxygen atoms in total. The monoisotopic (exact) mass is 242 g/mol. The summed E-state index contributed by atoms with van der Waals surface area (Å²) in [5, 5.41) is 5.81. The summed E-state index contributed by atoms with van der Waals surface area (Å²) in [5.41, 5.74) is 0. The molecular formula is C12H22N2O3. The van der Waals surface area contributed by atoms with Crippen LogP contribution in [0.4, 0.5) is 0 Å². The SMILES string of the molecule is CCOC(=O)C(C)NCC(=O)NC1CCCC1. The molecule has 2 N–H and O–H groups in total. The van der Waals surface area contributed by atoms with Gasteiger partial charge in [0.15, 0.2) is 0 Å². The van der Waals surface area contributed by atoms with E-state index in [1.807, 2.05) is 0 Å². The van der Waals surface area contributed by atoms with Crippen LogP contribution in [-0.4, -0.2) is 37.1 Å². The predicted octanol–water partition coefficient (Wildman–Crippen LogP) is 0.586. The van der Waals surface area contributed by atoms with Crippen LogP contribution < -0.4 is 10.6 Å². The minimum absolute atomic E-state index is 0.0481. The van der Waals surface area contributed by atoms with Crippen LogP contribution in [0.5, 0.6) is 0 Å². The Balaban J connectivity index is 2.16. The van der Waals surface area contributed by atoms with E-state index in [1.165, 1.54) is 12.8 Å². The van der Waals surface area contributed by atoms with Gasteiger partial charge in [-0.3, -0.25) is 14.9 Å². The standard InChI is InChI=1S/C12H22N2O3/c1-3-17-12(16)9(2)13-8-11(15)14-10-6-4-5-7-10/h9-10,13H,3-8H2,1-2H3,(H,14,15). The Hall–Kier alpha value is -1.10. The molecule has 0 bridgehead atoms. The van der Waals surface area contributed by atoms with Crippen molar-refractivity contribution in [2.24, 2.45) is 0 Å². The summed E-state index contributed by atoms with van der Waals surface area (Å²) in [4.78, 5) is 22.8. The van der Waals surface area contributed by atoms with E-state index < -0.39 is 6.04 Å². The molecule has 0 radical (unpaired) electrons. The molecule has 0 aliphatic heterocycles. The van der Waals surface area contributed by atoms with Crippen molar-refractivity contribution in [2.45, 2.75) is 51.6 Å². The van der Waals surface area contributed by atoms with E-state index >= 15 is 0 Å². The van der Waals surface area contributed by atoms with Crippen molar-refractivity contribution in [3.63, 3.8) is 0 Å². The van der Waals surface area contributed by atoms with Crippen molar-refractivity contribution in [2.75, 3.05) is 13.2 Å². The van der Waals surface area contributed by atoms with E-state index in [9.17, 15) is 9.59 Å². The maximum atomic E-state index is 11.6. The summed E-state index contributed by atoms with van der Waals surface area (Å²) in [5.74, 6) is -0.366. The maximum Gasteiger partial charge on any atom is 0.322 e. The molecule has 1 aliphatic rings. The number of esters is 1. The Labute approximate surface area is 102 Å². The Morgan fingerprint density at radius 1 is 1.35 bits per heavy atom. The minimum atomic E-state index is -0.440. The van der Waals surface area contributed by atoms with Gasteiger partial charge in [0.2, 0.25) is 5.91 Å². The van der Waals surface area contributed by atoms with Crippen molar-refractivity contribution >= 4 is 11.9 Å². The van der Waals surface area contributed by atoms with Gasteiger partial charge in [-0.1, -0.05) is 12.8 Å². The van der Waals surface area contributed by atoms with Gasteiger partial charge in [0.25, 0.3) is 0 Å². The van der Waals surface area contributed by atoms with Crippen LogP contribution >= 0.6 is 0 Å². The second kappa shape index (κ2) is 7.27. The Morgan fingerprint density at radius 3 is 2.59 bits per heavy atom. The number of carbonyl (C=O) groups excluding carboxylic acids is 2. The quantitative estimate of drug-likeness (QED) is 0.669. The number of hydrogen-bond acceptors (Lipinski definition) is 4. The molecule has 98 valence electrons. The Bertz CT molecular complexity index is 262. The molecule has 1 fully saturated rings. The lowest BCUT2D eigenvalue weighted by Gasteiger charge is -2.15. The van der Waals surface area contributed by atoms with Crippen LogP contribution in [0.15, 0.2) is 0 Å². The first kappa shape index (κ1) is 14.0. The molecule has 0 saturated heterocycles. The van der Waals surface area contributed by atoms with Crippen LogP contribution in [0.2, 0.25) is 0 Å². The van der Waals surface area contributed by atoms with Crippen LogP contribution in [0.3, 0.4) is 0 Å². The molecule has 5 heteroatoms. The molecule has 17 heavy (non-hydrogen) atoms. The highest BCUT2D eigenvalue weighted by Gasteiger charge is 2.18. The van der Waals surface area contributed by atoms with Crippen molar-refractivity contribution in [1.82, 2.24) is 10.6 Å². The Kier molecular flexibility index (Phi) is 5.97. The average Bonchev–Trinajstić information content (AvgIpc) is 2.79. The summed E-state index contributed by atoms with van der Waals surface area (Å²) in [6.45, 7) is 3.98. The normalized spacial score (nSPS) is 17.8. The number of nitrogens with one attached hydrogen (secondary N) is 2. The second-order valence-electron chi connectivity index (χ2n) is 4.40. The topological polar surface area (TPSA) is 67.4 Å². The zero-order chi connectivity index (χ0) is 12.7. The largest absolute Gasteiger partial charge is 0.465 e. The zero-order valence-electron chi connectivity index (χ0n) is 10.6. The first-order valence-electron chi connectivity index (χ1n) is 6.33. The highest BCUT2D eigenvalue weighted by atomic mass is 16.5. The van der Waals surface area contributed by atoms with Crippen LogP contribution in [-0.2, 0) is 14.3 Å². The molecule has 1 atom stereocenters. The molecule has 1 amide bonds. The van der Waals surface area contributed by atoms with Gasteiger partial charge in [0.1, 0.15) is 6.04 Å². The number of carbonyl (C=O) groups is 2. The Morgan fingerprint density at radius 2 is 2.00 bits per heavy atom. The van der Waals surface area contributed by atoms with E-state index in [2.05, 4.69) is 10.6 Å². The summed E-state index contributed by atoms with van der Waals surface area (Å²) in [6, 6.07) is -0.119. The third-order valence-electron chi connectivity index (χ3n) is 2.93. The third kappa shape index (κ3) is 5.17. The van der Waals surface area contributed by atoms with Gasteiger partial charge in [0.05, 0.1) is 13.2 Å². The lowest BCUT2D eigenvalue weighted by atomic mass is 10.2. The highest BCUT2D eigenvalue weighted by molar-refractivity contribution is 5.80. The fourth-order valence-electron chi connectivity index (χ4n) is 1.95. The van der Waals surface area contributed by atoms with E-state index in [1.54, 1.807) is 13.8 Å². The van der Waals surface area contributed by atoms with Crippen molar-refractivity contribution in [1.29, 1.82) is 0 Å². The lowest BCUT2D eigenvalue weighted by molar-refractivity contribution is -0.145. The first-order chi connectivity index (χ1) is 8.13. The van der Waals surface area contributed by atoms with Crippen molar-refractivity contribution in [3.8, 4) is 0 Å². The molecule has 1 unspecified atom stereocenters. The van der Waals surface area contributed by atoms with Crippen molar-refractivity contribution < 1.29 is 14.3 Å². The average molecular weight is 242 g/mol. The molecule has 0 heterocycles. The summed E-state index contributed by atoms with van der Waals surface area (Å²) >= 11 is 0. The van der Waals surface area contributed by atoms with Gasteiger partial charge < -0.3 is 10.1 Å². The summed E-state index contributed by atoms with van der Waals surface area (Å²) in [6.07, 6.45) is 4.52. The molecule has 1 saturated carbocycles. The summed E-state index contributed by atoms with van der Waals surface area (Å²) < 4.78 is 4.84. The van der Waals surface area contributed by atoms with E-state index in [0.717, 1.165) is 12.8 Å². The second-order valence-corrected chi connectivity index (χ2v) is 4.40. The van der Waals surface area contributed by atoms with Crippen molar-refractivity contribution in [3.05, 3.63) is 0 Å². The van der Waals surface area contributed by atoms with Gasteiger partial charge in [-0.05, 0) is 26.7 Å². The maximum absolute atomic E-state index is 11.6. The van der Waals surface area contributed by atoms with Gasteiger partial charge in [0, 0.05) is 6.04 Å². The molecule has 1 aliphatic carbocycles. The smallest absolute Gasteiger partial charge is 0.322 e. The number of ether oxygens (including phenoxy) is 1. The molecule has 0 spiro atoms. The lowest BCUT2D eigenvalue weighted by Crippen LogP contribution is -2.44. The van der Waals surface area contributed by atoms with Gasteiger partial charge in [-0.25, -0.2) is 0 Å². The molecule has 0 aromatic rings. The molecule has 0 aromatic carbocycles. The van der Waals surface area contributed by atoms with E-state index in [4.69, 9.17) is 4.74 Å². The molecule has 1 rings (SSSR count). The fraction of sp³-hybridized carbons (Fsp3) is 0.833. The predicted molar refractivity (Wildman–Crippen MR) is 64.5 cm³/mol. The van der Waals surface area contributed by atoms with Gasteiger partial charge >= 0.3 is 5.97 Å². The number of amides is 1. The van der Waals surface area contributed by atoms with Crippen LogP contribution in [0.1, 0.15) is 39.5 Å². The van der Waals surface area contributed by atoms with Gasteiger partial charge in [-0.2, -0.15) is 0 Å². The fourth-order valence-corrected chi connectivity index (χ4v) is 1.95. The van der Waals surface area contributed by atoms with E-state index in [0.29, 0.717) is 12.6 Å². The molecular weight excluding hydrogens is 220 g/mol. The first-order valence-corrected chi connectivity index (χ1v) is 6.33. The summed E-state index contributed by atoms with van der Waals surface area (Å²) in [7, 11) is 0. The zero-order valence-corrected chi connectivity index (χ0v) is 10.6.